The Morgan fingerprint density at radius 3 is 2.64 bits per heavy atom. The zero-order valence-corrected chi connectivity index (χ0v) is 11.5. The first-order valence-electron chi connectivity index (χ1n) is 6.32. The predicted octanol–water partition coefficient (Wildman–Crippen LogP) is 3.37. The first-order chi connectivity index (χ1) is 10.6. The van der Waals surface area contributed by atoms with Gasteiger partial charge in [0, 0.05) is 23.2 Å². The van der Waals surface area contributed by atoms with Crippen molar-refractivity contribution in [2.75, 3.05) is 12.4 Å². The summed E-state index contributed by atoms with van der Waals surface area (Å²) < 4.78 is 31.2. The van der Waals surface area contributed by atoms with E-state index in [0.717, 1.165) is 12.1 Å². The highest BCUT2D eigenvalue weighted by atomic mass is 19.2. The van der Waals surface area contributed by atoms with Crippen molar-refractivity contribution >= 4 is 22.4 Å². The van der Waals surface area contributed by atoms with Crippen LogP contribution in [0.5, 0.6) is 11.5 Å². The van der Waals surface area contributed by atoms with Crippen LogP contribution in [0.3, 0.4) is 0 Å². The van der Waals surface area contributed by atoms with Crippen LogP contribution in [0.15, 0.2) is 36.7 Å². The Morgan fingerprint density at radius 2 is 1.91 bits per heavy atom. The lowest BCUT2D eigenvalue weighted by molar-refractivity contribution is 0.374. The molecule has 0 amide bonds. The number of benzene rings is 2. The second-order valence-corrected chi connectivity index (χ2v) is 4.52. The molecule has 1 heterocycles. The molecule has 0 bridgehead atoms. The minimum atomic E-state index is -0.965. The lowest BCUT2D eigenvalue weighted by Crippen LogP contribution is -1.97. The van der Waals surface area contributed by atoms with E-state index >= 15 is 0 Å². The van der Waals surface area contributed by atoms with Crippen LogP contribution < -0.4 is 10.1 Å². The number of ether oxygens (including phenoxy) is 1. The van der Waals surface area contributed by atoms with E-state index in [-0.39, 0.29) is 11.5 Å². The van der Waals surface area contributed by atoms with Gasteiger partial charge in [0.25, 0.3) is 0 Å². The second-order valence-electron chi connectivity index (χ2n) is 4.52. The van der Waals surface area contributed by atoms with Crippen molar-refractivity contribution in [3.63, 3.8) is 0 Å². The van der Waals surface area contributed by atoms with Crippen LogP contribution in [0, 0.1) is 11.6 Å². The molecule has 22 heavy (non-hydrogen) atoms. The number of nitrogens with zero attached hydrogens (tertiary/aromatic N) is 2. The third kappa shape index (κ3) is 2.48. The fraction of sp³-hybridized carbons (Fsp3) is 0.0667. The molecule has 2 N–H and O–H groups in total. The number of halogens is 2. The fourth-order valence-electron chi connectivity index (χ4n) is 2.05. The van der Waals surface area contributed by atoms with Crippen LogP contribution >= 0.6 is 0 Å². The molecule has 0 atom stereocenters. The number of methoxy groups -OCH3 is 1. The Morgan fingerprint density at radius 1 is 1.09 bits per heavy atom. The van der Waals surface area contributed by atoms with Crippen LogP contribution in [0.2, 0.25) is 0 Å². The minimum Gasteiger partial charge on any atom is -0.504 e. The molecule has 0 saturated carbocycles. The van der Waals surface area contributed by atoms with Crippen LogP contribution in [0.4, 0.5) is 20.3 Å². The summed E-state index contributed by atoms with van der Waals surface area (Å²) in [6, 6.07) is 6.42. The van der Waals surface area contributed by atoms with E-state index < -0.39 is 11.6 Å². The van der Waals surface area contributed by atoms with Crippen LogP contribution in [0.25, 0.3) is 10.9 Å². The number of fused-ring (bicyclic) bond motifs is 1. The molecular formula is C15H11F2N3O2. The SMILES string of the molecule is COc1cc2ncnc(Nc3ccc(F)c(F)c3)c2cc1O. The van der Waals surface area contributed by atoms with E-state index in [4.69, 9.17) is 4.74 Å². The smallest absolute Gasteiger partial charge is 0.162 e. The number of anilines is 2. The maximum Gasteiger partial charge on any atom is 0.162 e. The summed E-state index contributed by atoms with van der Waals surface area (Å²) in [6.45, 7) is 0. The van der Waals surface area contributed by atoms with E-state index in [1.54, 1.807) is 6.07 Å². The number of rotatable bonds is 3. The Bertz CT molecular complexity index is 856. The number of hydrogen-bond acceptors (Lipinski definition) is 5. The zero-order chi connectivity index (χ0) is 15.7. The van der Waals surface area contributed by atoms with E-state index in [9.17, 15) is 13.9 Å². The number of phenols is 1. The topological polar surface area (TPSA) is 67.3 Å². The molecule has 0 saturated heterocycles. The first-order valence-corrected chi connectivity index (χ1v) is 6.32. The van der Waals surface area contributed by atoms with Gasteiger partial charge in [-0.1, -0.05) is 0 Å². The largest absolute Gasteiger partial charge is 0.504 e. The summed E-state index contributed by atoms with van der Waals surface area (Å²) in [6.07, 6.45) is 1.32. The van der Waals surface area contributed by atoms with Gasteiger partial charge in [-0.05, 0) is 18.2 Å². The molecule has 1 aromatic heterocycles. The number of phenolic OH excluding ortho intramolecular Hbond substituents is 1. The first kappa shape index (κ1) is 14.0. The van der Waals surface area contributed by atoms with E-state index in [1.165, 1.54) is 25.6 Å². The van der Waals surface area contributed by atoms with Gasteiger partial charge in [-0.2, -0.15) is 0 Å². The van der Waals surface area contributed by atoms with Gasteiger partial charge in [0.2, 0.25) is 0 Å². The number of aromatic nitrogens is 2. The lowest BCUT2D eigenvalue weighted by atomic mass is 10.2. The lowest BCUT2D eigenvalue weighted by Gasteiger charge is -2.10. The molecule has 0 fully saturated rings. The summed E-state index contributed by atoms with van der Waals surface area (Å²) in [5.74, 6) is -1.33. The standard InChI is InChI=1S/C15H11F2N3O2/c1-22-14-6-12-9(5-13(14)21)15(19-7-18-12)20-8-2-3-10(16)11(17)4-8/h2-7,21H,1H3,(H,18,19,20). The molecule has 112 valence electrons. The highest BCUT2D eigenvalue weighted by Gasteiger charge is 2.10. The van der Waals surface area contributed by atoms with Gasteiger partial charge in [0.1, 0.15) is 12.1 Å². The van der Waals surface area contributed by atoms with Crippen LogP contribution in [0.1, 0.15) is 0 Å². The molecule has 7 heteroatoms. The Balaban J connectivity index is 2.06. The molecule has 0 radical (unpaired) electrons. The molecule has 0 aliphatic heterocycles. The minimum absolute atomic E-state index is 0.0712. The predicted molar refractivity (Wildman–Crippen MR) is 77.4 cm³/mol. The van der Waals surface area contributed by atoms with Crippen molar-refractivity contribution in [1.29, 1.82) is 0 Å². The van der Waals surface area contributed by atoms with Crippen molar-refractivity contribution in [2.45, 2.75) is 0 Å². The number of nitrogens with one attached hydrogen (secondary N) is 1. The maximum atomic E-state index is 13.3. The zero-order valence-electron chi connectivity index (χ0n) is 11.5. The fourth-order valence-corrected chi connectivity index (χ4v) is 2.05. The van der Waals surface area contributed by atoms with E-state index in [1.807, 2.05) is 0 Å². The van der Waals surface area contributed by atoms with E-state index in [2.05, 4.69) is 15.3 Å². The van der Waals surface area contributed by atoms with Crippen molar-refractivity contribution in [1.82, 2.24) is 9.97 Å². The summed E-state index contributed by atoms with van der Waals surface area (Å²) >= 11 is 0. The van der Waals surface area contributed by atoms with Crippen molar-refractivity contribution in [3.8, 4) is 11.5 Å². The molecule has 2 aromatic carbocycles. The molecule has 5 nitrogen and oxygen atoms in total. The Kier molecular flexibility index (Phi) is 3.46. The Hall–Kier alpha value is -2.96. The molecule has 0 aliphatic rings. The summed E-state index contributed by atoms with van der Waals surface area (Å²) in [7, 11) is 1.43. The van der Waals surface area contributed by atoms with Gasteiger partial charge in [-0.3, -0.25) is 0 Å². The summed E-state index contributed by atoms with van der Waals surface area (Å²) in [5, 5.41) is 13.3. The maximum absolute atomic E-state index is 13.3. The molecule has 0 spiro atoms. The van der Waals surface area contributed by atoms with Gasteiger partial charge in [0.15, 0.2) is 23.1 Å². The summed E-state index contributed by atoms with van der Waals surface area (Å²) in [4.78, 5) is 8.15. The van der Waals surface area contributed by atoms with Crippen LogP contribution in [-0.2, 0) is 0 Å². The summed E-state index contributed by atoms with van der Waals surface area (Å²) in [5.41, 5.74) is 0.865. The number of aromatic hydroxyl groups is 1. The van der Waals surface area contributed by atoms with E-state index in [0.29, 0.717) is 22.4 Å². The van der Waals surface area contributed by atoms with Gasteiger partial charge >= 0.3 is 0 Å². The molecular weight excluding hydrogens is 292 g/mol. The quantitative estimate of drug-likeness (QED) is 0.776. The molecule has 3 rings (SSSR count). The van der Waals surface area contributed by atoms with Gasteiger partial charge in [-0.15, -0.1) is 0 Å². The van der Waals surface area contributed by atoms with Crippen molar-refractivity contribution in [3.05, 3.63) is 48.3 Å². The van der Waals surface area contributed by atoms with Gasteiger partial charge in [0.05, 0.1) is 12.6 Å². The number of hydrogen-bond donors (Lipinski definition) is 2. The second kappa shape index (κ2) is 5.44. The monoisotopic (exact) mass is 303 g/mol. The normalized spacial score (nSPS) is 10.7. The average molecular weight is 303 g/mol. The highest BCUT2D eigenvalue weighted by Crippen LogP contribution is 2.33. The highest BCUT2D eigenvalue weighted by molar-refractivity contribution is 5.92. The molecule has 3 aromatic rings. The van der Waals surface area contributed by atoms with Crippen molar-refractivity contribution in [2.24, 2.45) is 0 Å². The molecule has 0 unspecified atom stereocenters. The van der Waals surface area contributed by atoms with Gasteiger partial charge in [-0.25, -0.2) is 18.7 Å². The van der Waals surface area contributed by atoms with Gasteiger partial charge < -0.3 is 15.2 Å². The third-order valence-corrected chi connectivity index (χ3v) is 3.12. The third-order valence-electron chi connectivity index (χ3n) is 3.12. The average Bonchev–Trinajstić information content (AvgIpc) is 2.51. The Labute approximate surface area is 124 Å². The van der Waals surface area contributed by atoms with Crippen LogP contribution in [-0.4, -0.2) is 22.2 Å². The van der Waals surface area contributed by atoms with Crippen molar-refractivity contribution < 1.29 is 18.6 Å². The molecule has 0 aliphatic carbocycles.